The lowest BCUT2D eigenvalue weighted by Crippen LogP contribution is -1.94. The first-order chi connectivity index (χ1) is 11.6. The van der Waals surface area contributed by atoms with Gasteiger partial charge in [0, 0.05) is 0 Å². The van der Waals surface area contributed by atoms with Crippen LogP contribution in [0, 0.1) is 0 Å². The Bertz CT molecular complexity index is 750. The van der Waals surface area contributed by atoms with Crippen molar-refractivity contribution in [2.45, 2.75) is 0 Å². The van der Waals surface area contributed by atoms with Crippen molar-refractivity contribution in [1.82, 2.24) is 0 Å². The summed E-state index contributed by atoms with van der Waals surface area (Å²) in [5, 5.41) is 0. The predicted molar refractivity (Wildman–Crippen MR) is 110 cm³/mol. The van der Waals surface area contributed by atoms with Crippen LogP contribution < -0.4 is 9.47 Å². The molecule has 0 bridgehead atoms. The number of hydrogen-bond acceptors (Lipinski definition) is 2. The van der Waals surface area contributed by atoms with Crippen LogP contribution in [-0.4, -0.2) is 0 Å². The van der Waals surface area contributed by atoms with E-state index in [-0.39, 0.29) is 0 Å². The molecule has 2 nitrogen and oxygen atoms in total. The Labute approximate surface area is 173 Å². The number of rotatable bonds is 4. The third kappa shape index (κ3) is 3.87. The van der Waals surface area contributed by atoms with Gasteiger partial charge in [0.15, 0.2) is 11.5 Å². The molecule has 0 aliphatic heterocycles. The van der Waals surface area contributed by atoms with Crippen molar-refractivity contribution in [3.63, 3.8) is 0 Å². The zero-order valence-corrected chi connectivity index (χ0v) is 18.4. The fourth-order valence-corrected chi connectivity index (χ4v) is 4.35. The molecule has 3 aromatic carbocycles. The Morgan fingerprint density at radius 3 is 1.04 bits per heavy atom. The molecule has 0 spiro atoms. The Morgan fingerprint density at radius 1 is 0.458 bits per heavy atom. The van der Waals surface area contributed by atoms with E-state index in [1.807, 2.05) is 60.7 Å². The van der Waals surface area contributed by atoms with Crippen molar-refractivity contribution in [2.75, 3.05) is 0 Å². The third-order valence-electron chi connectivity index (χ3n) is 3.11. The van der Waals surface area contributed by atoms with E-state index < -0.39 is 0 Å². The van der Waals surface area contributed by atoms with Crippen LogP contribution in [0.25, 0.3) is 0 Å². The Balaban J connectivity index is 2.02. The van der Waals surface area contributed by atoms with Crippen LogP contribution >= 0.6 is 63.7 Å². The summed E-state index contributed by atoms with van der Waals surface area (Å²) in [6.07, 6.45) is 0. The van der Waals surface area contributed by atoms with Gasteiger partial charge < -0.3 is 9.47 Å². The predicted octanol–water partition coefficient (Wildman–Crippen LogP) is 8.32. The molecule has 3 aromatic rings. The molecule has 0 fully saturated rings. The molecule has 24 heavy (non-hydrogen) atoms. The average molecular weight is 578 g/mol. The molecule has 0 heterocycles. The number of ether oxygens (including phenoxy) is 2. The van der Waals surface area contributed by atoms with Gasteiger partial charge in [0.25, 0.3) is 0 Å². The molecule has 0 radical (unpaired) electrons. The third-order valence-corrected chi connectivity index (χ3v) is 7.20. The topological polar surface area (TPSA) is 18.5 Å². The Hall–Kier alpha value is -0.820. The lowest BCUT2D eigenvalue weighted by atomic mass is 10.3. The average Bonchev–Trinajstić information content (AvgIpc) is 2.62. The summed E-state index contributed by atoms with van der Waals surface area (Å²) in [5.41, 5.74) is 0. The van der Waals surface area contributed by atoms with Crippen molar-refractivity contribution in [1.29, 1.82) is 0 Å². The maximum atomic E-state index is 6.00. The summed E-state index contributed by atoms with van der Waals surface area (Å²) in [6, 6.07) is 19.2. The highest BCUT2D eigenvalue weighted by atomic mass is 79.9. The fourth-order valence-electron chi connectivity index (χ4n) is 1.98. The highest BCUT2D eigenvalue weighted by molar-refractivity contribution is 9.14. The highest BCUT2D eigenvalue weighted by Gasteiger charge is 2.22. The van der Waals surface area contributed by atoms with Gasteiger partial charge in [0.1, 0.15) is 11.5 Å². The van der Waals surface area contributed by atoms with E-state index in [9.17, 15) is 0 Å². The van der Waals surface area contributed by atoms with E-state index in [2.05, 4.69) is 63.7 Å². The molecule has 0 unspecified atom stereocenters. The van der Waals surface area contributed by atoms with Crippen molar-refractivity contribution in [3.8, 4) is 23.0 Å². The van der Waals surface area contributed by atoms with E-state index in [1.165, 1.54) is 0 Å². The van der Waals surface area contributed by atoms with Crippen molar-refractivity contribution >= 4 is 63.7 Å². The molecule has 0 aliphatic carbocycles. The van der Waals surface area contributed by atoms with Crippen molar-refractivity contribution in [3.05, 3.63) is 78.6 Å². The summed E-state index contributed by atoms with van der Waals surface area (Å²) in [4.78, 5) is 0. The SMILES string of the molecule is Brc1c(Br)c(Oc2ccccc2)c(Br)c(Br)c1Oc1ccccc1. The first-order valence-electron chi connectivity index (χ1n) is 6.89. The van der Waals surface area contributed by atoms with Crippen LogP contribution in [0.4, 0.5) is 0 Å². The van der Waals surface area contributed by atoms with Crippen molar-refractivity contribution < 1.29 is 9.47 Å². The normalized spacial score (nSPS) is 10.5. The molecule has 0 amide bonds. The zero-order valence-electron chi connectivity index (χ0n) is 12.1. The number of halogens is 4. The summed E-state index contributed by atoms with van der Waals surface area (Å²) in [6.45, 7) is 0. The van der Waals surface area contributed by atoms with Gasteiger partial charge in [-0.15, -0.1) is 0 Å². The second-order valence-electron chi connectivity index (χ2n) is 4.74. The van der Waals surface area contributed by atoms with Crippen molar-refractivity contribution in [2.24, 2.45) is 0 Å². The summed E-state index contributed by atoms with van der Waals surface area (Å²) < 4.78 is 15.0. The fraction of sp³-hybridized carbons (Fsp3) is 0. The maximum Gasteiger partial charge on any atom is 0.158 e. The van der Waals surface area contributed by atoms with E-state index in [0.717, 1.165) is 29.4 Å². The molecular weight excluding hydrogens is 568 g/mol. The lowest BCUT2D eigenvalue weighted by Gasteiger charge is -2.17. The Morgan fingerprint density at radius 2 is 0.750 bits per heavy atom. The second kappa shape index (κ2) is 8.04. The minimum Gasteiger partial charge on any atom is -0.455 e. The quantitative estimate of drug-likeness (QED) is 0.290. The summed E-state index contributed by atoms with van der Waals surface area (Å²) >= 11 is 14.3. The van der Waals surface area contributed by atoms with Gasteiger partial charge in [0.2, 0.25) is 0 Å². The second-order valence-corrected chi connectivity index (χ2v) is 7.92. The molecule has 0 N–H and O–H groups in total. The summed E-state index contributed by atoms with van der Waals surface area (Å²) in [5.74, 6) is 2.80. The molecule has 0 saturated heterocycles. The smallest absolute Gasteiger partial charge is 0.158 e. The number of hydrogen-bond donors (Lipinski definition) is 0. The highest BCUT2D eigenvalue weighted by Crippen LogP contribution is 2.52. The van der Waals surface area contributed by atoms with E-state index >= 15 is 0 Å². The van der Waals surface area contributed by atoms with Crippen LogP contribution in [-0.2, 0) is 0 Å². The molecular formula is C18H10Br4O2. The first kappa shape index (κ1) is 18.0. The number of para-hydroxylation sites is 2. The maximum absolute atomic E-state index is 6.00. The van der Waals surface area contributed by atoms with Gasteiger partial charge in [-0.3, -0.25) is 0 Å². The van der Waals surface area contributed by atoms with Gasteiger partial charge in [-0.25, -0.2) is 0 Å². The van der Waals surface area contributed by atoms with Gasteiger partial charge in [-0.1, -0.05) is 36.4 Å². The molecule has 0 atom stereocenters. The molecule has 3 rings (SSSR count). The molecule has 6 heteroatoms. The van der Waals surface area contributed by atoms with E-state index in [1.54, 1.807) is 0 Å². The molecule has 0 saturated carbocycles. The molecule has 122 valence electrons. The van der Waals surface area contributed by atoms with Crippen LogP contribution in [0.2, 0.25) is 0 Å². The van der Waals surface area contributed by atoms with Crippen LogP contribution in [0.15, 0.2) is 78.6 Å². The first-order valence-corrected chi connectivity index (χ1v) is 10.1. The monoisotopic (exact) mass is 574 g/mol. The molecule has 0 aromatic heterocycles. The molecule has 0 aliphatic rings. The minimum atomic E-state index is 0.653. The van der Waals surface area contributed by atoms with Gasteiger partial charge >= 0.3 is 0 Å². The lowest BCUT2D eigenvalue weighted by molar-refractivity contribution is 0.458. The largest absolute Gasteiger partial charge is 0.455 e. The van der Waals surface area contributed by atoms with Crippen LogP contribution in [0.1, 0.15) is 0 Å². The van der Waals surface area contributed by atoms with Crippen LogP contribution in [0.3, 0.4) is 0 Å². The van der Waals surface area contributed by atoms with E-state index in [4.69, 9.17) is 9.47 Å². The van der Waals surface area contributed by atoms with E-state index in [0.29, 0.717) is 11.5 Å². The van der Waals surface area contributed by atoms with Gasteiger partial charge in [-0.2, -0.15) is 0 Å². The van der Waals surface area contributed by atoms with Crippen LogP contribution in [0.5, 0.6) is 23.0 Å². The summed E-state index contributed by atoms with van der Waals surface area (Å²) in [7, 11) is 0. The zero-order chi connectivity index (χ0) is 17.1. The van der Waals surface area contributed by atoms with Gasteiger partial charge in [-0.05, 0) is 88.0 Å². The number of benzene rings is 3. The standard InChI is InChI=1S/C18H10Br4O2/c19-13-15(21)18(24-12-9-5-2-6-10-12)16(22)14(20)17(13)23-11-7-3-1-4-8-11/h1-10H. The Kier molecular flexibility index (Phi) is 6.02. The van der Waals surface area contributed by atoms with Gasteiger partial charge in [0.05, 0.1) is 17.9 Å². The minimum absolute atomic E-state index is 0.653.